The molecule has 1 amide bonds. The van der Waals surface area contributed by atoms with Crippen molar-refractivity contribution in [1.82, 2.24) is 10.3 Å². The number of ether oxygens (including phenoxy) is 1. The lowest BCUT2D eigenvalue weighted by atomic mass is 10.1. The zero-order valence-corrected chi connectivity index (χ0v) is 14.2. The van der Waals surface area contributed by atoms with E-state index in [-0.39, 0.29) is 17.3 Å². The second-order valence-corrected chi connectivity index (χ2v) is 5.53. The first-order valence-electron chi connectivity index (χ1n) is 7.83. The van der Waals surface area contributed by atoms with Gasteiger partial charge in [0.05, 0.1) is 12.6 Å². The van der Waals surface area contributed by atoms with E-state index in [0.717, 1.165) is 0 Å². The Morgan fingerprint density at radius 2 is 1.92 bits per heavy atom. The number of methoxy groups -OCH3 is 1. The number of aromatic carboxylic acids is 1. The van der Waals surface area contributed by atoms with Crippen LogP contribution in [0.3, 0.4) is 0 Å². The van der Waals surface area contributed by atoms with E-state index in [1.165, 1.54) is 13.1 Å². The fourth-order valence-corrected chi connectivity index (χ4v) is 2.56. The van der Waals surface area contributed by atoms with Crippen molar-refractivity contribution >= 4 is 34.3 Å². The van der Waals surface area contributed by atoms with Crippen LogP contribution in [0.2, 0.25) is 0 Å². The molecule has 0 saturated heterocycles. The third kappa shape index (κ3) is 3.41. The van der Waals surface area contributed by atoms with Crippen molar-refractivity contribution in [2.75, 3.05) is 19.5 Å². The van der Waals surface area contributed by atoms with Gasteiger partial charge in [0.25, 0.3) is 5.91 Å². The molecule has 0 spiro atoms. The van der Waals surface area contributed by atoms with Crippen molar-refractivity contribution in [3.8, 4) is 5.75 Å². The fraction of sp³-hybridized carbons (Fsp3) is 0.105. The van der Waals surface area contributed by atoms with E-state index in [9.17, 15) is 14.7 Å². The normalized spacial score (nSPS) is 10.4. The van der Waals surface area contributed by atoms with Gasteiger partial charge in [-0.3, -0.25) is 4.79 Å². The quantitative estimate of drug-likeness (QED) is 0.653. The monoisotopic (exact) mass is 351 g/mol. The number of amides is 1. The summed E-state index contributed by atoms with van der Waals surface area (Å²) in [4.78, 5) is 27.9. The molecule has 3 aromatic rings. The first-order chi connectivity index (χ1) is 12.5. The first-order valence-corrected chi connectivity index (χ1v) is 7.83. The van der Waals surface area contributed by atoms with Gasteiger partial charge in [-0.1, -0.05) is 6.07 Å². The summed E-state index contributed by atoms with van der Waals surface area (Å²) in [5.74, 6) is -0.508. The summed E-state index contributed by atoms with van der Waals surface area (Å²) < 4.78 is 5.17. The van der Waals surface area contributed by atoms with Crippen molar-refractivity contribution in [2.24, 2.45) is 0 Å². The van der Waals surface area contributed by atoms with Gasteiger partial charge in [0.15, 0.2) is 0 Å². The smallest absolute Gasteiger partial charge is 0.339 e. The average molecular weight is 351 g/mol. The highest BCUT2D eigenvalue weighted by molar-refractivity contribution is 6.02. The van der Waals surface area contributed by atoms with E-state index in [4.69, 9.17) is 4.74 Å². The number of benzene rings is 2. The molecule has 3 rings (SSSR count). The number of carboxylic acids is 1. The number of carbonyl (C=O) groups is 2. The Morgan fingerprint density at radius 3 is 2.62 bits per heavy atom. The van der Waals surface area contributed by atoms with E-state index in [0.29, 0.717) is 27.9 Å². The van der Waals surface area contributed by atoms with Gasteiger partial charge in [0.1, 0.15) is 17.1 Å². The maximum Gasteiger partial charge on any atom is 0.339 e. The first kappa shape index (κ1) is 17.2. The van der Waals surface area contributed by atoms with E-state index in [1.807, 2.05) is 0 Å². The molecule has 7 nitrogen and oxygen atoms in total. The SMILES string of the molecule is CNC(=O)c1ccc2nc(Nc3cccc(OC)c3)c(C(=O)O)cc2c1. The number of pyridine rings is 1. The lowest BCUT2D eigenvalue weighted by Gasteiger charge is -2.12. The van der Waals surface area contributed by atoms with E-state index < -0.39 is 5.97 Å². The standard InChI is InChI=1S/C19H17N3O4/c1-20-18(23)11-6-7-16-12(8-11)9-15(19(24)25)17(22-16)21-13-4-3-5-14(10-13)26-2/h3-10H,1-2H3,(H,20,23)(H,21,22)(H,24,25). The van der Waals surface area contributed by atoms with Crippen molar-refractivity contribution in [3.63, 3.8) is 0 Å². The molecule has 26 heavy (non-hydrogen) atoms. The average Bonchev–Trinajstić information content (AvgIpc) is 2.66. The van der Waals surface area contributed by atoms with E-state index in [1.54, 1.807) is 49.6 Å². The molecular formula is C19H17N3O4. The number of rotatable bonds is 5. The highest BCUT2D eigenvalue weighted by atomic mass is 16.5. The maximum atomic E-state index is 11.8. The van der Waals surface area contributed by atoms with Gasteiger partial charge in [-0.25, -0.2) is 9.78 Å². The number of anilines is 2. The van der Waals surface area contributed by atoms with Gasteiger partial charge >= 0.3 is 5.97 Å². The molecule has 0 radical (unpaired) electrons. The molecule has 1 heterocycles. The molecule has 132 valence electrons. The van der Waals surface area contributed by atoms with Gasteiger partial charge in [-0.15, -0.1) is 0 Å². The Labute approximate surface area is 149 Å². The second-order valence-electron chi connectivity index (χ2n) is 5.53. The minimum atomic E-state index is -1.12. The largest absolute Gasteiger partial charge is 0.497 e. The summed E-state index contributed by atoms with van der Waals surface area (Å²) in [5.41, 5.74) is 1.68. The number of fused-ring (bicyclic) bond motifs is 1. The van der Waals surface area contributed by atoms with Crippen LogP contribution in [-0.4, -0.2) is 36.1 Å². The van der Waals surface area contributed by atoms with Crippen LogP contribution < -0.4 is 15.4 Å². The Morgan fingerprint density at radius 1 is 1.12 bits per heavy atom. The Balaban J connectivity index is 2.07. The molecule has 0 aliphatic rings. The van der Waals surface area contributed by atoms with Crippen molar-refractivity contribution in [3.05, 3.63) is 59.7 Å². The molecule has 3 N–H and O–H groups in total. The summed E-state index contributed by atoms with van der Waals surface area (Å²) in [5, 5.41) is 15.7. The number of nitrogens with zero attached hydrogens (tertiary/aromatic N) is 1. The maximum absolute atomic E-state index is 11.8. The summed E-state index contributed by atoms with van der Waals surface area (Å²) in [7, 11) is 3.09. The van der Waals surface area contributed by atoms with Crippen LogP contribution in [0.5, 0.6) is 5.75 Å². The molecule has 0 aliphatic carbocycles. The van der Waals surface area contributed by atoms with Gasteiger partial charge < -0.3 is 20.5 Å². The van der Waals surface area contributed by atoms with Gasteiger partial charge in [-0.2, -0.15) is 0 Å². The van der Waals surface area contributed by atoms with Crippen LogP contribution in [0.1, 0.15) is 20.7 Å². The summed E-state index contributed by atoms with van der Waals surface area (Å²) in [6.45, 7) is 0. The van der Waals surface area contributed by atoms with Gasteiger partial charge in [0.2, 0.25) is 0 Å². The van der Waals surface area contributed by atoms with Crippen LogP contribution >= 0.6 is 0 Å². The molecular weight excluding hydrogens is 334 g/mol. The molecule has 0 atom stereocenters. The highest BCUT2D eigenvalue weighted by Crippen LogP contribution is 2.26. The Kier molecular flexibility index (Phi) is 4.70. The number of hydrogen-bond acceptors (Lipinski definition) is 5. The van der Waals surface area contributed by atoms with Crippen molar-refractivity contribution in [1.29, 1.82) is 0 Å². The zero-order chi connectivity index (χ0) is 18.7. The number of carbonyl (C=O) groups excluding carboxylic acids is 1. The predicted octanol–water partition coefficient (Wildman–Crippen LogP) is 3.04. The van der Waals surface area contributed by atoms with Crippen LogP contribution in [0.4, 0.5) is 11.5 Å². The molecule has 2 aromatic carbocycles. The summed E-state index contributed by atoms with van der Waals surface area (Å²) in [6, 6.07) is 13.5. The molecule has 0 fully saturated rings. The number of aromatic nitrogens is 1. The van der Waals surface area contributed by atoms with E-state index >= 15 is 0 Å². The zero-order valence-electron chi connectivity index (χ0n) is 14.2. The molecule has 1 aromatic heterocycles. The predicted molar refractivity (Wildman–Crippen MR) is 98.4 cm³/mol. The number of hydrogen-bond donors (Lipinski definition) is 3. The van der Waals surface area contributed by atoms with Crippen LogP contribution in [0, 0.1) is 0 Å². The van der Waals surface area contributed by atoms with Crippen LogP contribution in [-0.2, 0) is 0 Å². The topological polar surface area (TPSA) is 101 Å². The fourth-order valence-electron chi connectivity index (χ4n) is 2.56. The highest BCUT2D eigenvalue weighted by Gasteiger charge is 2.15. The molecule has 0 saturated carbocycles. The number of nitrogens with one attached hydrogen (secondary N) is 2. The molecule has 7 heteroatoms. The lowest BCUT2D eigenvalue weighted by molar-refractivity contribution is 0.0697. The molecule has 0 unspecified atom stereocenters. The third-order valence-corrected chi connectivity index (χ3v) is 3.87. The van der Waals surface area contributed by atoms with Crippen LogP contribution in [0.25, 0.3) is 10.9 Å². The summed E-state index contributed by atoms with van der Waals surface area (Å²) >= 11 is 0. The van der Waals surface area contributed by atoms with Crippen molar-refractivity contribution < 1.29 is 19.4 Å². The van der Waals surface area contributed by atoms with Gasteiger partial charge in [0, 0.05) is 29.8 Å². The Bertz CT molecular complexity index is 1000. The van der Waals surface area contributed by atoms with E-state index in [2.05, 4.69) is 15.6 Å². The minimum Gasteiger partial charge on any atom is -0.497 e. The third-order valence-electron chi connectivity index (χ3n) is 3.87. The van der Waals surface area contributed by atoms with Crippen LogP contribution in [0.15, 0.2) is 48.5 Å². The molecule has 0 aliphatic heterocycles. The lowest BCUT2D eigenvalue weighted by Crippen LogP contribution is -2.17. The van der Waals surface area contributed by atoms with Gasteiger partial charge in [-0.05, 0) is 36.4 Å². The molecule has 0 bridgehead atoms. The Hall–Kier alpha value is -3.61. The summed E-state index contributed by atoms with van der Waals surface area (Å²) in [6.07, 6.45) is 0. The second kappa shape index (κ2) is 7.10. The van der Waals surface area contributed by atoms with Crippen molar-refractivity contribution in [2.45, 2.75) is 0 Å². The number of carboxylic acid groups (broad SMARTS) is 1. The minimum absolute atomic E-state index is 0.00868.